The van der Waals surface area contributed by atoms with Crippen LogP contribution in [-0.2, 0) is 0 Å². The molecule has 0 fully saturated rings. The van der Waals surface area contributed by atoms with Crippen molar-refractivity contribution in [3.63, 3.8) is 0 Å². The molecule has 0 aliphatic heterocycles. The lowest BCUT2D eigenvalue weighted by Gasteiger charge is -1.97. The van der Waals surface area contributed by atoms with Gasteiger partial charge in [-0.3, -0.25) is 0 Å². The van der Waals surface area contributed by atoms with Gasteiger partial charge in [0.05, 0.1) is 11.3 Å². The van der Waals surface area contributed by atoms with Crippen LogP contribution in [0, 0.1) is 0 Å². The molecule has 2 rings (SSSR count). The molecule has 0 atom stereocenters. The zero-order valence-electron chi connectivity index (χ0n) is 6.33. The highest BCUT2D eigenvalue weighted by atomic mass is 35.5. The Kier molecular flexibility index (Phi) is 1.88. The zero-order chi connectivity index (χ0) is 8.39. The molecular weight excluding hydrogens is 172 g/mol. The van der Waals surface area contributed by atoms with Gasteiger partial charge in [-0.05, 0) is 24.3 Å². The molecule has 1 heterocycles. The van der Waals surface area contributed by atoms with Crippen LogP contribution in [0.3, 0.4) is 0 Å². The normalized spacial score (nSPS) is 10.1. The molecule has 0 bridgehead atoms. The molecule has 60 valence electrons. The summed E-state index contributed by atoms with van der Waals surface area (Å²) in [6, 6.07) is 11.3. The third-order valence-electron chi connectivity index (χ3n) is 1.66. The Labute approximate surface area is 75.6 Å². The highest BCUT2D eigenvalue weighted by Crippen LogP contribution is 2.27. The molecule has 0 saturated carbocycles. The Morgan fingerprint density at radius 1 is 1.00 bits per heavy atom. The summed E-state index contributed by atoms with van der Waals surface area (Å²) in [4.78, 5) is 0. The molecular formula is C10H7ClO. The molecule has 0 saturated heterocycles. The predicted molar refractivity (Wildman–Crippen MR) is 49.2 cm³/mol. The van der Waals surface area contributed by atoms with E-state index < -0.39 is 0 Å². The van der Waals surface area contributed by atoms with Crippen LogP contribution in [-0.4, -0.2) is 0 Å². The number of rotatable bonds is 1. The fourth-order valence-electron chi connectivity index (χ4n) is 1.09. The molecule has 0 amide bonds. The van der Waals surface area contributed by atoms with E-state index >= 15 is 0 Å². The monoisotopic (exact) mass is 178 g/mol. The standard InChI is InChI=1S/C10H7ClO/c11-9-5-2-1-4-8(9)10-6-3-7-12-10/h1-7H. The maximum absolute atomic E-state index is 5.96. The summed E-state index contributed by atoms with van der Waals surface area (Å²) in [6.07, 6.45) is 1.64. The average Bonchev–Trinajstić information content (AvgIpc) is 2.57. The van der Waals surface area contributed by atoms with E-state index in [9.17, 15) is 0 Å². The lowest BCUT2D eigenvalue weighted by atomic mass is 10.2. The fourth-order valence-corrected chi connectivity index (χ4v) is 1.32. The summed E-state index contributed by atoms with van der Waals surface area (Å²) in [5, 5.41) is 0.715. The second kappa shape index (κ2) is 3.03. The number of furan rings is 1. The maximum Gasteiger partial charge on any atom is 0.135 e. The van der Waals surface area contributed by atoms with Gasteiger partial charge >= 0.3 is 0 Å². The number of halogens is 1. The first-order valence-corrected chi connectivity index (χ1v) is 4.04. The van der Waals surface area contributed by atoms with Crippen LogP contribution in [0.15, 0.2) is 47.1 Å². The van der Waals surface area contributed by atoms with E-state index in [4.69, 9.17) is 16.0 Å². The van der Waals surface area contributed by atoms with Crippen molar-refractivity contribution in [2.75, 3.05) is 0 Å². The number of benzene rings is 1. The van der Waals surface area contributed by atoms with Crippen LogP contribution in [0.5, 0.6) is 0 Å². The number of hydrogen-bond donors (Lipinski definition) is 0. The minimum Gasteiger partial charge on any atom is -0.464 e. The molecule has 2 heteroatoms. The highest BCUT2D eigenvalue weighted by Gasteiger charge is 2.03. The van der Waals surface area contributed by atoms with Gasteiger partial charge in [0.15, 0.2) is 0 Å². The molecule has 0 aliphatic rings. The molecule has 0 aliphatic carbocycles. The van der Waals surface area contributed by atoms with E-state index in [-0.39, 0.29) is 0 Å². The first-order chi connectivity index (χ1) is 5.88. The Bertz CT molecular complexity index is 365. The fraction of sp³-hybridized carbons (Fsp3) is 0. The van der Waals surface area contributed by atoms with Crippen molar-refractivity contribution in [1.29, 1.82) is 0 Å². The zero-order valence-corrected chi connectivity index (χ0v) is 7.08. The number of hydrogen-bond acceptors (Lipinski definition) is 1. The van der Waals surface area contributed by atoms with E-state index in [0.29, 0.717) is 5.02 Å². The van der Waals surface area contributed by atoms with Crippen molar-refractivity contribution in [1.82, 2.24) is 0 Å². The van der Waals surface area contributed by atoms with Crippen LogP contribution < -0.4 is 0 Å². The third kappa shape index (κ3) is 1.23. The van der Waals surface area contributed by atoms with Gasteiger partial charge in [-0.1, -0.05) is 23.7 Å². The molecule has 0 radical (unpaired) electrons. The lowest BCUT2D eigenvalue weighted by molar-refractivity contribution is 0.582. The summed E-state index contributed by atoms with van der Waals surface area (Å²) in [6.45, 7) is 0. The molecule has 1 aromatic heterocycles. The Morgan fingerprint density at radius 2 is 1.83 bits per heavy atom. The van der Waals surface area contributed by atoms with E-state index in [1.807, 2.05) is 36.4 Å². The predicted octanol–water partition coefficient (Wildman–Crippen LogP) is 3.60. The second-order valence-electron chi connectivity index (χ2n) is 2.46. The summed E-state index contributed by atoms with van der Waals surface area (Å²) < 4.78 is 5.22. The second-order valence-corrected chi connectivity index (χ2v) is 2.86. The molecule has 0 unspecified atom stereocenters. The van der Waals surface area contributed by atoms with Crippen LogP contribution in [0.2, 0.25) is 5.02 Å². The summed E-state index contributed by atoms with van der Waals surface area (Å²) >= 11 is 5.96. The third-order valence-corrected chi connectivity index (χ3v) is 1.99. The van der Waals surface area contributed by atoms with Crippen LogP contribution in [0.25, 0.3) is 11.3 Å². The summed E-state index contributed by atoms with van der Waals surface area (Å²) in [7, 11) is 0. The quantitative estimate of drug-likeness (QED) is 0.651. The van der Waals surface area contributed by atoms with Crippen LogP contribution >= 0.6 is 11.6 Å². The van der Waals surface area contributed by atoms with Crippen molar-refractivity contribution in [3.05, 3.63) is 47.7 Å². The van der Waals surface area contributed by atoms with Crippen LogP contribution in [0.4, 0.5) is 0 Å². The molecule has 0 spiro atoms. The summed E-state index contributed by atoms with van der Waals surface area (Å²) in [5.74, 6) is 0.806. The van der Waals surface area contributed by atoms with Gasteiger partial charge in [0, 0.05) is 5.56 Å². The average molecular weight is 179 g/mol. The molecule has 12 heavy (non-hydrogen) atoms. The van der Waals surface area contributed by atoms with E-state index in [1.54, 1.807) is 6.26 Å². The lowest BCUT2D eigenvalue weighted by Crippen LogP contribution is -1.73. The highest BCUT2D eigenvalue weighted by molar-refractivity contribution is 6.33. The molecule has 0 N–H and O–H groups in total. The first-order valence-electron chi connectivity index (χ1n) is 3.66. The van der Waals surface area contributed by atoms with Gasteiger partial charge in [0.1, 0.15) is 5.76 Å². The van der Waals surface area contributed by atoms with E-state index in [1.165, 1.54) is 0 Å². The van der Waals surface area contributed by atoms with Crippen molar-refractivity contribution in [2.45, 2.75) is 0 Å². The van der Waals surface area contributed by atoms with Gasteiger partial charge in [0.2, 0.25) is 0 Å². The molecule has 1 aromatic carbocycles. The van der Waals surface area contributed by atoms with Gasteiger partial charge in [-0.15, -0.1) is 0 Å². The molecule has 1 nitrogen and oxygen atoms in total. The van der Waals surface area contributed by atoms with Gasteiger partial charge in [0.25, 0.3) is 0 Å². The van der Waals surface area contributed by atoms with Gasteiger partial charge in [-0.25, -0.2) is 0 Å². The van der Waals surface area contributed by atoms with Crippen molar-refractivity contribution < 1.29 is 4.42 Å². The van der Waals surface area contributed by atoms with E-state index in [2.05, 4.69) is 0 Å². The minimum atomic E-state index is 0.715. The van der Waals surface area contributed by atoms with E-state index in [0.717, 1.165) is 11.3 Å². The molecule has 2 aromatic rings. The van der Waals surface area contributed by atoms with Crippen molar-refractivity contribution in [2.24, 2.45) is 0 Å². The van der Waals surface area contributed by atoms with Crippen molar-refractivity contribution >= 4 is 11.6 Å². The van der Waals surface area contributed by atoms with Crippen LogP contribution in [0.1, 0.15) is 0 Å². The van der Waals surface area contributed by atoms with Gasteiger partial charge in [-0.2, -0.15) is 0 Å². The Balaban J connectivity index is 2.55. The maximum atomic E-state index is 5.96. The SMILES string of the molecule is Clc1ccccc1-c1ccco1. The Hall–Kier alpha value is -1.21. The van der Waals surface area contributed by atoms with Crippen molar-refractivity contribution in [3.8, 4) is 11.3 Å². The smallest absolute Gasteiger partial charge is 0.135 e. The Morgan fingerprint density at radius 3 is 2.50 bits per heavy atom. The summed E-state index contributed by atoms with van der Waals surface area (Å²) in [5.41, 5.74) is 0.934. The first kappa shape index (κ1) is 7.44. The van der Waals surface area contributed by atoms with Gasteiger partial charge < -0.3 is 4.42 Å². The minimum absolute atomic E-state index is 0.715. The largest absolute Gasteiger partial charge is 0.464 e. The topological polar surface area (TPSA) is 13.1 Å².